The Hall–Kier alpha value is -3.13. The molecule has 4 rings (SSSR count). The Morgan fingerprint density at radius 3 is 2.75 bits per heavy atom. The molecule has 2 aromatic heterocycles. The van der Waals surface area contributed by atoms with Crippen molar-refractivity contribution in [3.05, 3.63) is 52.1 Å². The highest BCUT2D eigenvalue weighted by molar-refractivity contribution is 7.17. The van der Waals surface area contributed by atoms with Crippen LogP contribution >= 0.6 is 11.3 Å². The fraction of sp³-hybridized carbons (Fsp3) is 0.250. The lowest BCUT2D eigenvalue weighted by atomic mass is 10.0. The Bertz CT molecular complexity index is 1060. The predicted molar refractivity (Wildman–Crippen MR) is 105 cm³/mol. The molecule has 2 amide bonds. The molecule has 3 aromatic rings. The number of furan rings is 1. The summed E-state index contributed by atoms with van der Waals surface area (Å²) in [7, 11) is 1.31. The number of nitrogens with one attached hydrogen (secondary N) is 1. The third kappa shape index (κ3) is 3.16. The van der Waals surface area contributed by atoms with Gasteiger partial charge in [0.05, 0.1) is 19.2 Å². The number of benzene rings is 1. The van der Waals surface area contributed by atoms with Gasteiger partial charge in [0.2, 0.25) is 5.91 Å². The summed E-state index contributed by atoms with van der Waals surface area (Å²) in [4.78, 5) is 39.4. The minimum atomic E-state index is -0.506. The molecule has 1 N–H and O–H groups in total. The summed E-state index contributed by atoms with van der Waals surface area (Å²) in [6.07, 6.45) is 0.538. The van der Waals surface area contributed by atoms with Crippen LogP contribution in [0.5, 0.6) is 0 Å². The van der Waals surface area contributed by atoms with Crippen LogP contribution in [0.2, 0.25) is 0 Å². The molecule has 0 saturated carbocycles. The second-order valence-electron chi connectivity index (χ2n) is 6.49. The molecule has 0 unspecified atom stereocenters. The quantitative estimate of drug-likeness (QED) is 0.683. The van der Waals surface area contributed by atoms with E-state index >= 15 is 0 Å². The second-order valence-corrected chi connectivity index (χ2v) is 7.60. The SMILES string of the molecule is COC(=O)c1c(NC(=O)c2cc3ccccc3o2)sc2c1CCN(C(C)=O)C2. The van der Waals surface area contributed by atoms with E-state index in [9.17, 15) is 14.4 Å². The predicted octanol–water partition coefficient (Wildman–Crippen LogP) is 3.44. The zero-order valence-corrected chi connectivity index (χ0v) is 16.2. The van der Waals surface area contributed by atoms with Gasteiger partial charge in [-0.2, -0.15) is 0 Å². The lowest BCUT2D eigenvalue weighted by molar-refractivity contribution is -0.129. The van der Waals surface area contributed by atoms with E-state index in [-0.39, 0.29) is 11.7 Å². The molecule has 144 valence electrons. The Kier molecular flexibility index (Phi) is 4.64. The summed E-state index contributed by atoms with van der Waals surface area (Å²) >= 11 is 1.29. The van der Waals surface area contributed by atoms with Crippen LogP contribution in [0.1, 0.15) is 38.3 Å². The molecule has 28 heavy (non-hydrogen) atoms. The van der Waals surface area contributed by atoms with Crippen molar-refractivity contribution in [3.63, 3.8) is 0 Å². The van der Waals surface area contributed by atoms with Crippen molar-refractivity contribution in [3.8, 4) is 0 Å². The molecule has 8 heteroatoms. The Labute approximate surface area is 164 Å². The number of nitrogens with zero attached hydrogens (tertiary/aromatic N) is 1. The molecule has 0 radical (unpaired) electrons. The van der Waals surface area contributed by atoms with E-state index < -0.39 is 11.9 Å². The largest absolute Gasteiger partial charge is 0.465 e. The van der Waals surface area contributed by atoms with Gasteiger partial charge in [0.15, 0.2) is 5.76 Å². The van der Waals surface area contributed by atoms with Crippen LogP contribution in [0, 0.1) is 0 Å². The Morgan fingerprint density at radius 2 is 2.04 bits per heavy atom. The average Bonchev–Trinajstić information content (AvgIpc) is 3.27. The molecule has 3 heterocycles. The van der Waals surface area contributed by atoms with Gasteiger partial charge < -0.3 is 19.4 Å². The van der Waals surface area contributed by atoms with E-state index in [1.54, 1.807) is 17.0 Å². The van der Waals surface area contributed by atoms with Crippen LogP contribution in [0.15, 0.2) is 34.7 Å². The average molecular weight is 398 g/mol. The smallest absolute Gasteiger partial charge is 0.341 e. The van der Waals surface area contributed by atoms with Gasteiger partial charge in [0, 0.05) is 23.7 Å². The van der Waals surface area contributed by atoms with Crippen LogP contribution in [-0.2, 0) is 22.5 Å². The van der Waals surface area contributed by atoms with Crippen molar-refractivity contribution in [1.82, 2.24) is 4.90 Å². The number of amides is 2. The van der Waals surface area contributed by atoms with Gasteiger partial charge in [-0.05, 0) is 24.1 Å². The number of hydrogen-bond donors (Lipinski definition) is 1. The number of para-hydroxylation sites is 1. The van der Waals surface area contributed by atoms with E-state index in [4.69, 9.17) is 9.15 Å². The minimum Gasteiger partial charge on any atom is -0.465 e. The van der Waals surface area contributed by atoms with Gasteiger partial charge >= 0.3 is 5.97 Å². The van der Waals surface area contributed by atoms with Gasteiger partial charge in [-0.15, -0.1) is 11.3 Å². The number of anilines is 1. The van der Waals surface area contributed by atoms with Gasteiger partial charge in [-0.25, -0.2) is 4.79 Å². The van der Waals surface area contributed by atoms with E-state index in [0.29, 0.717) is 35.7 Å². The standard InChI is InChI=1S/C20H18N2O5S/c1-11(23)22-8-7-13-16(10-22)28-19(17(13)20(25)26-2)21-18(24)15-9-12-5-3-4-6-14(12)27-15/h3-6,9H,7-8,10H2,1-2H3,(H,21,24). The summed E-state index contributed by atoms with van der Waals surface area (Å²) in [5, 5.41) is 4.02. The number of rotatable bonds is 3. The third-order valence-electron chi connectivity index (χ3n) is 4.77. The molecule has 1 aliphatic heterocycles. The molecule has 0 bridgehead atoms. The van der Waals surface area contributed by atoms with Crippen molar-refractivity contribution >= 4 is 45.1 Å². The van der Waals surface area contributed by atoms with Crippen LogP contribution < -0.4 is 5.32 Å². The van der Waals surface area contributed by atoms with Crippen molar-refractivity contribution in [1.29, 1.82) is 0 Å². The molecule has 1 aromatic carbocycles. The first-order valence-corrected chi connectivity index (χ1v) is 9.58. The Morgan fingerprint density at radius 1 is 1.25 bits per heavy atom. The number of carbonyl (C=O) groups is 3. The van der Waals surface area contributed by atoms with Crippen molar-refractivity contribution < 1.29 is 23.5 Å². The summed E-state index contributed by atoms with van der Waals surface area (Å²) in [5.41, 5.74) is 1.80. The number of ether oxygens (including phenoxy) is 1. The first-order chi connectivity index (χ1) is 13.5. The van der Waals surface area contributed by atoms with Crippen LogP contribution in [0.4, 0.5) is 5.00 Å². The summed E-state index contributed by atoms with van der Waals surface area (Å²) in [5.74, 6) is -0.808. The maximum Gasteiger partial charge on any atom is 0.341 e. The minimum absolute atomic E-state index is 0.0217. The topological polar surface area (TPSA) is 88.8 Å². The molecule has 7 nitrogen and oxygen atoms in total. The van der Waals surface area contributed by atoms with E-state index in [2.05, 4.69) is 5.32 Å². The third-order valence-corrected chi connectivity index (χ3v) is 5.90. The summed E-state index contributed by atoms with van der Waals surface area (Å²) in [6, 6.07) is 9.00. The van der Waals surface area contributed by atoms with Crippen LogP contribution in [0.25, 0.3) is 11.0 Å². The molecule has 0 atom stereocenters. The number of thiophene rings is 1. The molecular formula is C20H18N2O5S. The highest BCUT2D eigenvalue weighted by atomic mass is 32.1. The van der Waals surface area contributed by atoms with E-state index in [1.807, 2.05) is 18.2 Å². The van der Waals surface area contributed by atoms with Crippen molar-refractivity contribution in [2.24, 2.45) is 0 Å². The first-order valence-electron chi connectivity index (χ1n) is 8.76. The van der Waals surface area contributed by atoms with Crippen LogP contribution in [-0.4, -0.2) is 36.3 Å². The number of fused-ring (bicyclic) bond motifs is 2. The molecular weight excluding hydrogens is 380 g/mol. The summed E-state index contributed by atoms with van der Waals surface area (Å²) < 4.78 is 10.5. The van der Waals surface area contributed by atoms with Gasteiger partial charge in [-0.1, -0.05) is 18.2 Å². The van der Waals surface area contributed by atoms with E-state index in [1.165, 1.54) is 25.4 Å². The monoisotopic (exact) mass is 398 g/mol. The lowest BCUT2D eigenvalue weighted by Crippen LogP contribution is -2.33. The van der Waals surface area contributed by atoms with Gasteiger partial charge in [-0.3, -0.25) is 9.59 Å². The number of esters is 1. The normalized spacial score (nSPS) is 13.3. The highest BCUT2D eigenvalue weighted by Crippen LogP contribution is 2.38. The molecule has 0 spiro atoms. The zero-order chi connectivity index (χ0) is 19.8. The highest BCUT2D eigenvalue weighted by Gasteiger charge is 2.30. The molecule has 1 aliphatic rings. The Balaban J connectivity index is 1.67. The van der Waals surface area contributed by atoms with Crippen molar-refractivity contribution in [2.75, 3.05) is 19.0 Å². The maximum atomic E-state index is 12.7. The maximum absolute atomic E-state index is 12.7. The molecule has 0 aliphatic carbocycles. The number of carbonyl (C=O) groups excluding carboxylic acids is 3. The first kappa shape index (κ1) is 18.2. The number of methoxy groups -OCH3 is 1. The fourth-order valence-electron chi connectivity index (χ4n) is 3.34. The fourth-order valence-corrected chi connectivity index (χ4v) is 4.58. The lowest BCUT2D eigenvalue weighted by Gasteiger charge is -2.25. The zero-order valence-electron chi connectivity index (χ0n) is 15.4. The molecule has 0 fully saturated rings. The van der Waals surface area contributed by atoms with Gasteiger partial charge in [0.1, 0.15) is 10.6 Å². The van der Waals surface area contributed by atoms with E-state index in [0.717, 1.165) is 15.8 Å². The van der Waals surface area contributed by atoms with Gasteiger partial charge in [0.25, 0.3) is 5.91 Å². The second kappa shape index (κ2) is 7.12. The van der Waals surface area contributed by atoms with Crippen LogP contribution in [0.3, 0.4) is 0 Å². The molecule has 0 saturated heterocycles. The van der Waals surface area contributed by atoms with Crippen molar-refractivity contribution in [2.45, 2.75) is 19.9 Å². The summed E-state index contributed by atoms with van der Waals surface area (Å²) in [6.45, 7) is 2.46. The number of hydrogen-bond acceptors (Lipinski definition) is 6.